The van der Waals surface area contributed by atoms with E-state index in [1.54, 1.807) is 0 Å². The second-order valence-corrected chi connectivity index (χ2v) is 5.31. The zero-order valence-corrected chi connectivity index (χ0v) is 9.85. The number of hydrogen-bond acceptors (Lipinski definition) is 2. The predicted molar refractivity (Wildman–Crippen MR) is 63.0 cm³/mol. The third-order valence-electron chi connectivity index (χ3n) is 3.91. The van der Waals surface area contributed by atoms with Crippen molar-refractivity contribution in [3.05, 3.63) is 29.3 Å². The first-order valence-electron chi connectivity index (χ1n) is 6.16. The van der Waals surface area contributed by atoms with Crippen molar-refractivity contribution in [3.63, 3.8) is 0 Å². The van der Waals surface area contributed by atoms with Crippen LogP contribution in [0, 0.1) is 5.92 Å². The number of nitrogens with two attached hydrogens (primary N) is 1. The van der Waals surface area contributed by atoms with E-state index in [2.05, 4.69) is 5.32 Å². The Morgan fingerprint density at radius 1 is 1.28 bits per heavy atom. The zero-order chi connectivity index (χ0) is 13.0. The summed E-state index contributed by atoms with van der Waals surface area (Å²) in [7, 11) is 0. The molecule has 1 aromatic rings. The number of halogens is 3. The van der Waals surface area contributed by atoms with Gasteiger partial charge in [0, 0.05) is 5.69 Å². The molecule has 1 aliphatic carbocycles. The van der Waals surface area contributed by atoms with Crippen LogP contribution in [0.5, 0.6) is 0 Å². The van der Waals surface area contributed by atoms with Gasteiger partial charge in [0.2, 0.25) is 0 Å². The zero-order valence-electron chi connectivity index (χ0n) is 9.85. The van der Waals surface area contributed by atoms with Gasteiger partial charge in [-0.3, -0.25) is 0 Å². The van der Waals surface area contributed by atoms with Gasteiger partial charge in [0.1, 0.15) is 0 Å². The van der Waals surface area contributed by atoms with Crippen molar-refractivity contribution >= 4 is 5.69 Å². The summed E-state index contributed by atoms with van der Waals surface area (Å²) in [4.78, 5) is 0. The van der Waals surface area contributed by atoms with E-state index in [0.29, 0.717) is 24.3 Å². The second-order valence-electron chi connectivity index (χ2n) is 5.31. The van der Waals surface area contributed by atoms with Crippen LogP contribution in [0.2, 0.25) is 0 Å². The molecule has 3 N–H and O–H groups in total. The smallest absolute Gasteiger partial charge is 0.367 e. The van der Waals surface area contributed by atoms with E-state index in [1.807, 2.05) is 0 Å². The monoisotopic (exact) mass is 256 g/mol. The van der Waals surface area contributed by atoms with Gasteiger partial charge in [-0.2, -0.15) is 13.2 Å². The lowest BCUT2D eigenvalue weighted by atomic mass is 9.89. The summed E-state index contributed by atoms with van der Waals surface area (Å²) < 4.78 is 37.8. The van der Waals surface area contributed by atoms with Crippen molar-refractivity contribution < 1.29 is 13.2 Å². The maximum absolute atomic E-state index is 12.6. The van der Waals surface area contributed by atoms with Crippen LogP contribution in [-0.2, 0) is 12.6 Å². The molecule has 0 saturated heterocycles. The summed E-state index contributed by atoms with van der Waals surface area (Å²) in [5.41, 5.74) is 6.73. The van der Waals surface area contributed by atoms with Gasteiger partial charge in [-0.25, -0.2) is 0 Å². The topological polar surface area (TPSA) is 38.0 Å². The lowest BCUT2D eigenvalue weighted by Crippen LogP contribution is -2.52. The summed E-state index contributed by atoms with van der Waals surface area (Å²) in [5, 5.41) is 3.22. The SMILES string of the molecule is NC1(C2CC2)CCc2cc(C(F)(F)F)ccc2N1. The Morgan fingerprint density at radius 3 is 2.61 bits per heavy atom. The van der Waals surface area contributed by atoms with Gasteiger partial charge in [0.25, 0.3) is 0 Å². The number of fused-ring (bicyclic) bond motifs is 1. The quantitative estimate of drug-likeness (QED) is 0.810. The Bertz CT molecular complexity index is 480. The molecule has 0 spiro atoms. The van der Waals surface area contributed by atoms with E-state index < -0.39 is 17.4 Å². The van der Waals surface area contributed by atoms with Crippen molar-refractivity contribution in [1.29, 1.82) is 0 Å². The highest BCUT2D eigenvalue weighted by Crippen LogP contribution is 2.44. The van der Waals surface area contributed by atoms with Gasteiger partial charge in [0.05, 0.1) is 11.2 Å². The molecular weight excluding hydrogens is 241 g/mol. The van der Waals surface area contributed by atoms with E-state index in [-0.39, 0.29) is 0 Å². The van der Waals surface area contributed by atoms with Gasteiger partial charge in [0.15, 0.2) is 0 Å². The van der Waals surface area contributed by atoms with Gasteiger partial charge >= 0.3 is 6.18 Å². The van der Waals surface area contributed by atoms with Crippen molar-refractivity contribution in [3.8, 4) is 0 Å². The van der Waals surface area contributed by atoms with E-state index in [4.69, 9.17) is 5.73 Å². The van der Waals surface area contributed by atoms with Gasteiger partial charge in [-0.1, -0.05) is 0 Å². The molecule has 1 fully saturated rings. The van der Waals surface area contributed by atoms with Crippen LogP contribution in [0.1, 0.15) is 30.4 Å². The van der Waals surface area contributed by atoms with Crippen LogP contribution < -0.4 is 11.1 Å². The number of anilines is 1. The molecule has 1 aliphatic heterocycles. The van der Waals surface area contributed by atoms with Crippen molar-refractivity contribution in [2.24, 2.45) is 11.7 Å². The minimum absolute atomic E-state index is 0.424. The molecule has 1 atom stereocenters. The van der Waals surface area contributed by atoms with Gasteiger partial charge < -0.3 is 11.1 Å². The van der Waals surface area contributed by atoms with Crippen LogP contribution in [-0.4, -0.2) is 5.66 Å². The number of benzene rings is 1. The van der Waals surface area contributed by atoms with Crippen LogP contribution in [0.3, 0.4) is 0 Å². The first-order chi connectivity index (χ1) is 8.38. The Morgan fingerprint density at radius 2 is 2.00 bits per heavy atom. The maximum atomic E-state index is 12.6. The number of hydrogen-bond donors (Lipinski definition) is 2. The molecule has 2 nitrogen and oxygen atoms in total. The van der Waals surface area contributed by atoms with Crippen molar-refractivity contribution in [2.75, 3.05) is 5.32 Å². The van der Waals surface area contributed by atoms with E-state index in [0.717, 1.165) is 24.6 Å². The molecule has 5 heteroatoms. The molecule has 1 saturated carbocycles. The minimum Gasteiger partial charge on any atom is -0.367 e. The highest BCUT2D eigenvalue weighted by molar-refractivity contribution is 5.57. The first-order valence-corrected chi connectivity index (χ1v) is 6.16. The molecule has 1 aromatic carbocycles. The van der Waals surface area contributed by atoms with E-state index in [9.17, 15) is 13.2 Å². The van der Waals surface area contributed by atoms with E-state index >= 15 is 0 Å². The lowest BCUT2D eigenvalue weighted by Gasteiger charge is -2.37. The van der Waals surface area contributed by atoms with E-state index in [1.165, 1.54) is 12.1 Å². The molecule has 3 rings (SSSR count). The standard InChI is InChI=1S/C13H15F3N2/c14-13(15,16)10-3-4-11-8(7-10)5-6-12(17,18-11)9-1-2-9/h3-4,7,9,18H,1-2,5-6,17H2. The number of aryl methyl sites for hydroxylation is 1. The number of nitrogens with one attached hydrogen (secondary N) is 1. The van der Waals surface area contributed by atoms with Crippen LogP contribution in [0.4, 0.5) is 18.9 Å². The van der Waals surface area contributed by atoms with Gasteiger partial charge in [-0.05, 0) is 55.4 Å². The first kappa shape index (κ1) is 11.8. The fraction of sp³-hybridized carbons (Fsp3) is 0.538. The van der Waals surface area contributed by atoms with Crippen LogP contribution in [0.15, 0.2) is 18.2 Å². The molecule has 1 heterocycles. The summed E-state index contributed by atoms with van der Waals surface area (Å²) in [6.45, 7) is 0. The van der Waals surface area contributed by atoms with Crippen molar-refractivity contribution in [2.45, 2.75) is 37.5 Å². The van der Waals surface area contributed by atoms with Crippen LogP contribution >= 0.6 is 0 Å². The Balaban J connectivity index is 1.90. The Labute approximate surface area is 103 Å². The Kier molecular flexibility index (Phi) is 2.39. The molecule has 18 heavy (non-hydrogen) atoms. The van der Waals surface area contributed by atoms with Crippen molar-refractivity contribution in [1.82, 2.24) is 0 Å². The maximum Gasteiger partial charge on any atom is 0.416 e. The fourth-order valence-electron chi connectivity index (χ4n) is 2.66. The second kappa shape index (κ2) is 3.63. The molecular formula is C13H15F3N2. The highest BCUT2D eigenvalue weighted by atomic mass is 19.4. The lowest BCUT2D eigenvalue weighted by molar-refractivity contribution is -0.137. The molecule has 0 radical (unpaired) electrons. The molecule has 0 aromatic heterocycles. The van der Waals surface area contributed by atoms with Crippen LogP contribution in [0.25, 0.3) is 0 Å². The predicted octanol–water partition coefficient (Wildman–Crippen LogP) is 3.13. The van der Waals surface area contributed by atoms with Gasteiger partial charge in [-0.15, -0.1) is 0 Å². The molecule has 98 valence electrons. The normalized spacial score (nSPS) is 27.6. The fourth-order valence-corrected chi connectivity index (χ4v) is 2.66. The number of alkyl halides is 3. The number of rotatable bonds is 1. The minimum atomic E-state index is -4.28. The average Bonchev–Trinajstić information content (AvgIpc) is 3.11. The summed E-state index contributed by atoms with van der Waals surface area (Å²) in [6, 6.07) is 3.85. The third-order valence-corrected chi connectivity index (χ3v) is 3.91. The molecule has 0 amide bonds. The largest absolute Gasteiger partial charge is 0.416 e. The third kappa shape index (κ3) is 1.96. The molecule has 2 aliphatic rings. The average molecular weight is 256 g/mol. The summed E-state index contributed by atoms with van der Waals surface area (Å²) in [6.07, 6.45) is -0.743. The molecule has 1 unspecified atom stereocenters. The Hall–Kier alpha value is -1.23. The summed E-state index contributed by atoms with van der Waals surface area (Å²) in [5.74, 6) is 0.466. The summed E-state index contributed by atoms with van der Waals surface area (Å²) >= 11 is 0. The highest BCUT2D eigenvalue weighted by Gasteiger charge is 2.44. The molecule has 0 bridgehead atoms.